The highest BCUT2D eigenvalue weighted by molar-refractivity contribution is 5.79. The van der Waals surface area contributed by atoms with E-state index in [-0.39, 0.29) is 17.4 Å². The van der Waals surface area contributed by atoms with E-state index in [0.717, 1.165) is 24.3 Å². The highest BCUT2D eigenvalue weighted by atomic mass is 16.2. The van der Waals surface area contributed by atoms with Crippen molar-refractivity contribution in [2.24, 2.45) is 0 Å². The average Bonchev–Trinajstić information content (AvgIpc) is 3.16. The number of nitrogens with zero attached hydrogens (tertiary/aromatic N) is 5. The molecule has 1 aromatic carbocycles. The second-order valence-electron chi connectivity index (χ2n) is 9.26. The monoisotopic (exact) mass is 426 g/mol. The topological polar surface area (TPSA) is 73.7 Å². The molecule has 0 atom stereocenters. The molecule has 2 heterocycles. The fraction of sp³-hybridized carbons (Fsp3) is 0.522. The van der Waals surface area contributed by atoms with Gasteiger partial charge in [0, 0.05) is 50.0 Å². The number of aromatic nitrogens is 2. The van der Waals surface area contributed by atoms with Crippen molar-refractivity contribution in [3.05, 3.63) is 48.3 Å². The summed E-state index contributed by atoms with van der Waals surface area (Å²) in [5, 5.41) is 7.41. The van der Waals surface area contributed by atoms with Gasteiger partial charge in [-0.1, -0.05) is 18.2 Å². The second kappa shape index (κ2) is 10.1. The van der Waals surface area contributed by atoms with Gasteiger partial charge >= 0.3 is 0 Å². The minimum absolute atomic E-state index is 0.0306. The van der Waals surface area contributed by atoms with Crippen molar-refractivity contribution in [1.29, 1.82) is 0 Å². The van der Waals surface area contributed by atoms with Crippen LogP contribution in [0.4, 0.5) is 0 Å². The maximum Gasteiger partial charge on any atom is 0.236 e. The summed E-state index contributed by atoms with van der Waals surface area (Å²) < 4.78 is 1.85. The van der Waals surface area contributed by atoms with Crippen molar-refractivity contribution in [2.45, 2.75) is 32.9 Å². The summed E-state index contributed by atoms with van der Waals surface area (Å²) in [5.74, 6) is 0.153. The van der Waals surface area contributed by atoms with Crippen LogP contribution in [0, 0.1) is 0 Å². The molecule has 0 spiro atoms. The van der Waals surface area contributed by atoms with Gasteiger partial charge < -0.3 is 10.2 Å². The molecule has 2 aromatic rings. The molecule has 168 valence electrons. The van der Waals surface area contributed by atoms with Gasteiger partial charge in [0.15, 0.2) is 0 Å². The Morgan fingerprint density at radius 2 is 1.77 bits per heavy atom. The van der Waals surface area contributed by atoms with Crippen molar-refractivity contribution in [2.75, 3.05) is 46.3 Å². The van der Waals surface area contributed by atoms with Crippen LogP contribution in [0.25, 0.3) is 5.69 Å². The summed E-state index contributed by atoms with van der Waals surface area (Å²) >= 11 is 0. The van der Waals surface area contributed by atoms with Gasteiger partial charge in [-0.2, -0.15) is 5.10 Å². The summed E-state index contributed by atoms with van der Waals surface area (Å²) in [5.41, 5.74) is 1.85. The molecule has 8 heteroatoms. The summed E-state index contributed by atoms with van der Waals surface area (Å²) in [6.45, 7) is 10.1. The van der Waals surface area contributed by atoms with Gasteiger partial charge in [0.2, 0.25) is 11.8 Å². The SMILES string of the molecule is CN(CC(=O)N1CCN(CC(=O)NC(C)(C)C)CC1)Cc1cnn(-c2ccccc2)c1. The zero-order chi connectivity index (χ0) is 22.4. The number of benzene rings is 1. The summed E-state index contributed by atoms with van der Waals surface area (Å²) in [6, 6.07) is 9.97. The predicted octanol–water partition coefficient (Wildman–Crippen LogP) is 1.36. The third-order valence-corrected chi connectivity index (χ3v) is 5.12. The molecule has 31 heavy (non-hydrogen) atoms. The van der Waals surface area contributed by atoms with Crippen LogP contribution in [0.1, 0.15) is 26.3 Å². The first-order valence-electron chi connectivity index (χ1n) is 10.8. The molecule has 1 aliphatic heterocycles. The van der Waals surface area contributed by atoms with Crippen molar-refractivity contribution < 1.29 is 9.59 Å². The van der Waals surface area contributed by atoms with Crippen LogP contribution < -0.4 is 5.32 Å². The first-order chi connectivity index (χ1) is 14.7. The third-order valence-electron chi connectivity index (χ3n) is 5.12. The van der Waals surface area contributed by atoms with E-state index in [1.165, 1.54) is 0 Å². The summed E-state index contributed by atoms with van der Waals surface area (Å²) in [6.07, 6.45) is 3.84. The van der Waals surface area contributed by atoms with Gasteiger partial charge in [0.1, 0.15) is 0 Å². The lowest BCUT2D eigenvalue weighted by Gasteiger charge is -2.35. The smallest absolute Gasteiger partial charge is 0.236 e. The lowest BCUT2D eigenvalue weighted by molar-refractivity contribution is -0.134. The number of para-hydroxylation sites is 1. The summed E-state index contributed by atoms with van der Waals surface area (Å²) in [7, 11) is 1.95. The second-order valence-corrected chi connectivity index (χ2v) is 9.26. The fourth-order valence-electron chi connectivity index (χ4n) is 3.68. The van der Waals surface area contributed by atoms with E-state index in [4.69, 9.17) is 0 Å². The number of piperazine rings is 1. The normalized spacial score (nSPS) is 15.3. The predicted molar refractivity (Wildman–Crippen MR) is 121 cm³/mol. The molecule has 1 fully saturated rings. The van der Waals surface area contributed by atoms with Gasteiger partial charge in [-0.25, -0.2) is 4.68 Å². The highest BCUT2D eigenvalue weighted by Crippen LogP contribution is 2.10. The molecule has 8 nitrogen and oxygen atoms in total. The lowest BCUT2D eigenvalue weighted by Crippen LogP contribution is -2.54. The zero-order valence-corrected chi connectivity index (χ0v) is 19.0. The Bertz CT molecular complexity index is 866. The van der Waals surface area contributed by atoms with Crippen LogP contribution in [0.5, 0.6) is 0 Å². The molecule has 1 N–H and O–H groups in total. The van der Waals surface area contributed by atoms with Crippen LogP contribution >= 0.6 is 0 Å². The lowest BCUT2D eigenvalue weighted by atomic mass is 10.1. The van der Waals surface area contributed by atoms with Crippen LogP contribution in [0.2, 0.25) is 0 Å². The third kappa shape index (κ3) is 7.18. The fourth-order valence-corrected chi connectivity index (χ4v) is 3.68. The largest absolute Gasteiger partial charge is 0.350 e. The Kier molecular flexibility index (Phi) is 7.46. The molecular formula is C23H34N6O2. The minimum atomic E-state index is -0.225. The number of likely N-dealkylation sites (N-methyl/N-ethyl adjacent to an activating group) is 1. The van der Waals surface area contributed by atoms with Crippen molar-refractivity contribution in [1.82, 2.24) is 29.8 Å². The first kappa shape index (κ1) is 23.0. The Hall–Kier alpha value is -2.71. The Morgan fingerprint density at radius 1 is 1.10 bits per heavy atom. The van der Waals surface area contributed by atoms with Gasteiger partial charge in [0.25, 0.3) is 0 Å². The molecule has 1 aromatic heterocycles. The van der Waals surface area contributed by atoms with E-state index in [1.807, 2.05) is 85.0 Å². The molecule has 0 unspecified atom stereocenters. The molecule has 0 bridgehead atoms. The van der Waals surface area contributed by atoms with Crippen LogP contribution in [0.3, 0.4) is 0 Å². The number of amides is 2. The minimum Gasteiger partial charge on any atom is -0.350 e. The number of hydrogen-bond acceptors (Lipinski definition) is 5. The van der Waals surface area contributed by atoms with E-state index in [9.17, 15) is 9.59 Å². The number of hydrogen-bond donors (Lipinski definition) is 1. The van der Waals surface area contributed by atoms with Crippen LogP contribution in [-0.4, -0.2) is 88.1 Å². The zero-order valence-electron chi connectivity index (χ0n) is 19.0. The van der Waals surface area contributed by atoms with E-state index in [1.54, 1.807) is 0 Å². The molecule has 0 saturated carbocycles. The maximum atomic E-state index is 12.7. The standard InChI is InChI=1S/C23H34N6O2/c1-23(2,3)25-21(30)17-27-10-12-28(13-11-27)22(31)18-26(4)15-19-14-24-29(16-19)20-8-6-5-7-9-20/h5-9,14,16H,10-13,15,17-18H2,1-4H3,(H,25,30). The maximum absolute atomic E-state index is 12.7. The summed E-state index contributed by atoms with van der Waals surface area (Å²) in [4.78, 5) is 30.8. The number of nitrogens with one attached hydrogen (secondary N) is 1. The molecule has 1 saturated heterocycles. The average molecular weight is 427 g/mol. The molecule has 0 radical (unpaired) electrons. The van der Waals surface area contributed by atoms with Gasteiger partial charge in [-0.3, -0.25) is 19.4 Å². The first-order valence-corrected chi connectivity index (χ1v) is 10.8. The van der Waals surface area contributed by atoms with Crippen LogP contribution in [0.15, 0.2) is 42.7 Å². The number of rotatable bonds is 7. The van der Waals surface area contributed by atoms with Gasteiger partial charge in [-0.05, 0) is 40.0 Å². The molecule has 0 aliphatic carbocycles. The quantitative estimate of drug-likeness (QED) is 0.724. The Balaban J connectivity index is 1.42. The van der Waals surface area contributed by atoms with E-state index < -0.39 is 0 Å². The molecule has 1 aliphatic rings. The Morgan fingerprint density at radius 3 is 2.42 bits per heavy atom. The Labute approximate surface area is 184 Å². The highest BCUT2D eigenvalue weighted by Gasteiger charge is 2.24. The van der Waals surface area contributed by atoms with Crippen molar-refractivity contribution in [3.63, 3.8) is 0 Å². The van der Waals surface area contributed by atoms with Crippen LogP contribution in [-0.2, 0) is 16.1 Å². The number of carbonyl (C=O) groups is 2. The van der Waals surface area contributed by atoms with E-state index >= 15 is 0 Å². The van der Waals surface area contributed by atoms with Crippen molar-refractivity contribution in [3.8, 4) is 5.69 Å². The molecule has 3 rings (SSSR count). The van der Waals surface area contributed by atoms with E-state index in [2.05, 4.69) is 15.3 Å². The number of carbonyl (C=O) groups excluding carboxylic acids is 2. The molecule has 2 amide bonds. The van der Waals surface area contributed by atoms with Gasteiger partial charge in [0.05, 0.1) is 25.0 Å². The van der Waals surface area contributed by atoms with E-state index in [0.29, 0.717) is 32.7 Å². The molecular weight excluding hydrogens is 392 g/mol. The van der Waals surface area contributed by atoms with Crippen molar-refractivity contribution >= 4 is 11.8 Å². The van der Waals surface area contributed by atoms with Gasteiger partial charge in [-0.15, -0.1) is 0 Å².